The fraction of sp³-hybridized carbons (Fsp3) is 0.583. The van der Waals surface area contributed by atoms with Gasteiger partial charge in [-0.3, -0.25) is 9.67 Å². The molecule has 0 aromatic carbocycles. The fourth-order valence-electron chi connectivity index (χ4n) is 1.95. The zero-order chi connectivity index (χ0) is 13.8. The lowest BCUT2D eigenvalue weighted by Crippen LogP contribution is -2.21. The molecule has 1 N–H and O–H groups in total. The van der Waals surface area contributed by atoms with Crippen LogP contribution < -0.4 is 4.90 Å². The summed E-state index contributed by atoms with van der Waals surface area (Å²) >= 11 is 6.92. The second kappa shape index (κ2) is 6.29. The van der Waals surface area contributed by atoms with Gasteiger partial charge in [0.2, 0.25) is 0 Å². The van der Waals surface area contributed by atoms with Gasteiger partial charge in [0.1, 0.15) is 0 Å². The highest BCUT2D eigenvalue weighted by Gasteiger charge is 2.14. The first-order chi connectivity index (χ1) is 9.21. The van der Waals surface area contributed by atoms with Gasteiger partial charge in [-0.05, 0) is 32.5 Å². The molecule has 0 aliphatic rings. The summed E-state index contributed by atoms with van der Waals surface area (Å²) in [5.41, 5.74) is 0. The Morgan fingerprint density at radius 3 is 2.74 bits per heavy atom. The average molecular weight is 297 g/mol. The van der Waals surface area contributed by atoms with Crippen molar-refractivity contribution < 1.29 is 0 Å². The van der Waals surface area contributed by atoms with Gasteiger partial charge in [0.15, 0.2) is 15.7 Å². The van der Waals surface area contributed by atoms with Crippen molar-refractivity contribution >= 4 is 28.7 Å². The van der Waals surface area contributed by atoms with Crippen molar-refractivity contribution in [1.82, 2.24) is 19.7 Å². The van der Waals surface area contributed by atoms with Gasteiger partial charge in [-0.2, -0.15) is 5.10 Å². The van der Waals surface area contributed by atoms with Crippen molar-refractivity contribution in [1.29, 1.82) is 0 Å². The summed E-state index contributed by atoms with van der Waals surface area (Å²) in [7, 11) is 0. The van der Waals surface area contributed by atoms with Crippen molar-refractivity contribution in [2.45, 2.75) is 33.7 Å². The van der Waals surface area contributed by atoms with Crippen LogP contribution in [-0.2, 0) is 6.54 Å². The molecule has 2 aromatic rings. The molecule has 0 radical (unpaired) electrons. The minimum atomic E-state index is 0.676. The molecule has 0 spiro atoms. The van der Waals surface area contributed by atoms with E-state index in [1.807, 2.05) is 10.8 Å². The highest BCUT2D eigenvalue weighted by Crippen LogP contribution is 2.30. The molecule has 19 heavy (non-hydrogen) atoms. The van der Waals surface area contributed by atoms with Gasteiger partial charge in [0.05, 0.1) is 11.1 Å². The van der Waals surface area contributed by atoms with Crippen molar-refractivity contribution in [3.8, 4) is 10.7 Å². The van der Waals surface area contributed by atoms with Crippen LogP contribution in [0.4, 0.5) is 5.13 Å². The van der Waals surface area contributed by atoms with Crippen LogP contribution in [0.1, 0.15) is 27.2 Å². The van der Waals surface area contributed by atoms with E-state index in [4.69, 9.17) is 12.2 Å². The van der Waals surface area contributed by atoms with Crippen LogP contribution in [-0.4, -0.2) is 32.8 Å². The third-order valence-corrected chi connectivity index (χ3v) is 4.32. The number of nitrogens with zero attached hydrogens (tertiary/aromatic N) is 4. The molecule has 0 amide bonds. The van der Waals surface area contributed by atoms with Crippen molar-refractivity contribution in [2.75, 3.05) is 18.0 Å². The SMILES string of the molecule is CCCn1c(-c2cnc(N(CC)CC)s2)n[nH]c1=S. The molecule has 0 aliphatic carbocycles. The summed E-state index contributed by atoms with van der Waals surface area (Å²) in [6.07, 6.45) is 2.91. The second-order valence-electron chi connectivity index (χ2n) is 4.18. The average Bonchev–Trinajstić information content (AvgIpc) is 3.00. The minimum absolute atomic E-state index is 0.676. The molecule has 0 unspecified atom stereocenters. The van der Waals surface area contributed by atoms with E-state index in [-0.39, 0.29) is 0 Å². The number of H-pyrrole nitrogens is 1. The first-order valence-electron chi connectivity index (χ1n) is 6.57. The quantitative estimate of drug-likeness (QED) is 0.831. The van der Waals surface area contributed by atoms with Crippen molar-refractivity contribution in [2.24, 2.45) is 0 Å². The van der Waals surface area contributed by atoms with E-state index in [2.05, 4.69) is 40.9 Å². The maximum Gasteiger partial charge on any atom is 0.195 e. The predicted molar refractivity (Wildman–Crippen MR) is 82.4 cm³/mol. The molecule has 0 aliphatic heterocycles. The number of nitrogens with one attached hydrogen (secondary N) is 1. The Bertz CT molecular complexity index is 579. The van der Waals surface area contributed by atoms with Gasteiger partial charge in [0, 0.05) is 19.6 Å². The molecule has 5 nitrogen and oxygen atoms in total. The third kappa shape index (κ3) is 2.87. The number of hydrogen-bond acceptors (Lipinski definition) is 5. The van der Waals surface area contributed by atoms with Crippen LogP contribution in [0.2, 0.25) is 0 Å². The topological polar surface area (TPSA) is 49.7 Å². The second-order valence-corrected chi connectivity index (χ2v) is 5.58. The van der Waals surface area contributed by atoms with Gasteiger partial charge in [-0.15, -0.1) is 0 Å². The largest absolute Gasteiger partial charge is 0.349 e. The van der Waals surface area contributed by atoms with E-state index in [0.717, 1.165) is 41.9 Å². The highest BCUT2D eigenvalue weighted by atomic mass is 32.1. The van der Waals surface area contributed by atoms with E-state index in [9.17, 15) is 0 Å². The summed E-state index contributed by atoms with van der Waals surface area (Å²) in [6, 6.07) is 0. The van der Waals surface area contributed by atoms with Crippen LogP contribution in [0.3, 0.4) is 0 Å². The van der Waals surface area contributed by atoms with E-state index in [1.54, 1.807) is 11.3 Å². The first kappa shape index (κ1) is 14.2. The number of hydrogen-bond donors (Lipinski definition) is 1. The van der Waals surface area contributed by atoms with Crippen molar-refractivity contribution in [3.63, 3.8) is 0 Å². The molecule has 2 heterocycles. The van der Waals surface area contributed by atoms with Crippen LogP contribution in [0, 0.1) is 4.77 Å². The van der Waals surface area contributed by atoms with Gasteiger partial charge in [-0.25, -0.2) is 4.98 Å². The Hall–Kier alpha value is -1.21. The zero-order valence-electron chi connectivity index (χ0n) is 11.5. The third-order valence-electron chi connectivity index (χ3n) is 2.95. The summed E-state index contributed by atoms with van der Waals surface area (Å²) in [6.45, 7) is 9.21. The van der Waals surface area contributed by atoms with E-state index >= 15 is 0 Å². The van der Waals surface area contributed by atoms with Gasteiger partial charge in [0.25, 0.3) is 0 Å². The molecule has 2 rings (SSSR count). The van der Waals surface area contributed by atoms with Crippen LogP contribution >= 0.6 is 23.6 Å². The summed E-state index contributed by atoms with van der Waals surface area (Å²) in [5.74, 6) is 0.891. The number of rotatable bonds is 6. The minimum Gasteiger partial charge on any atom is -0.349 e. The maximum absolute atomic E-state index is 5.26. The number of thiazole rings is 1. The van der Waals surface area contributed by atoms with E-state index in [0.29, 0.717) is 4.77 Å². The molecule has 0 bridgehead atoms. The Kier molecular flexibility index (Phi) is 4.71. The van der Waals surface area contributed by atoms with Gasteiger partial charge >= 0.3 is 0 Å². The number of aromatic amines is 1. The van der Waals surface area contributed by atoms with Crippen LogP contribution in [0.5, 0.6) is 0 Å². The molecule has 0 saturated carbocycles. The lowest BCUT2D eigenvalue weighted by atomic mass is 10.4. The molecule has 104 valence electrons. The molecular weight excluding hydrogens is 278 g/mol. The Labute approximate surface area is 122 Å². The smallest absolute Gasteiger partial charge is 0.195 e. The monoisotopic (exact) mass is 297 g/mol. The number of aromatic nitrogens is 4. The molecular formula is C12H19N5S2. The predicted octanol–water partition coefficient (Wildman–Crippen LogP) is 3.32. The fourth-order valence-corrected chi connectivity index (χ4v) is 3.21. The molecule has 0 fully saturated rings. The lowest BCUT2D eigenvalue weighted by Gasteiger charge is -2.16. The zero-order valence-corrected chi connectivity index (χ0v) is 13.1. The van der Waals surface area contributed by atoms with Gasteiger partial charge in [-0.1, -0.05) is 18.3 Å². The Balaban J connectivity index is 2.35. The van der Waals surface area contributed by atoms with E-state index in [1.165, 1.54) is 0 Å². The maximum atomic E-state index is 5.26. The summed E-state index contributed by atoms with van der Waals surface area (Å²) < 4.78 is 2.71. The highest BCUT2D eigenvalue weighted by molar-refractivity contribution is 7.71. The van der Waals surface area contributed by atoms with Gasteiger partial charge < -0.3 is 4.90 Å². The standard InChI is InChI=1S/C12H19N5S2/c1-4-7-17-10(14-15-11(17)18)9-8-13-12(19-9)16(5-2)6-3/h8H,4-7H2,1-3H3,(H,15,18). The lowest BCUT2D eigenvalue weighted by molar-refractivity contribution is 0.675. The Morgan fingerprint density at radius 2 is 2.11 bits per heavy atom. The molecule has 0 saturated heterocycles. The summed E-state index contributed by atoms with van der Waals surface area (Å²) in [5, 5.41) is 8.23. The number of anilines is 1. The summed E-state index contributed by atoms with van der Waals surface area (Å²) in [4.78, 5) is 7.78. The molecule has 7 heteroatoms. The van der Waals surface area contributed by atoms with Crippen LogP contribution in [0.15, 0.2) is 6.20 Å². The first-order valence-corrected chi connectivity index (χ1v) is 7.80. The molecule has 2 aromatic heterocycles. The Morgan fingerprint density at radius 1 is 1.37 bits per heavy atom. The van der Waals surface area contributed by atoms with Crippen LogP contribution in [0.25, 0.3) is 10.7 Å². The molecule has 0 atom stereocenters. The van der Waals surface area contributed by atoms with E-state index < -0.39 is 0 Å². The van der Waals surface area contributed by atoms with Crippen molar-refractivity contribution in [3.05, 3.63) is 11.0 Å². The normalized spacial score (nSPS) is 10.9.